The Hall–Kier alpha value is -1.94. The number of nitrogens with zero attached hydrogens (tertiary/aromatic N) is 3. The maximum absolute atomic E-state index is 13.4. The third-order valence-corrected chi connectivity index (χ3v) is 5.43. The molecule has 6 nitrogen and oxygen atoms in total. The first-order chi connectivity index (χ1) is 13.7. The number of guanidine groups is 1. The minimum atomic E-state index is -0.340. The van der Waals surface area contributed by atoms with Gasteiger partial charge in [0.1, 0.15) is 11.6 Å². The van der Waals surface area contributed by atoms with Crippen LogP contribution < -0.4 is 10.1 Å². The Morgan fingerprint density at radius 3 is 3.00 bits per heavy atom. The minimum absolute atomic E-state index is 0. The fourth-order valence-corrected chi connectivity index (χ4v) is 3.89. The predicted octanol–water partition coefficient (Wildman–Crippen LogP) is 3.82. The van der Waals surface area contributed by atoms with E-state index in [1.165, 1.54) is 12.1 Å². The van der Waals surface area contributed by atoms with Gasteiger partial charge in [0.25, 0.3) is 0 Å². The molecule has 29 heavy (non-hydrogen) atoms. The number of nitrogens with one attached hydrogen (secondary N) is 1. The van der Waals surface area contributed by atoms with Gasteiger partial charge in [0, 0.05) is 56.5 Å². The lowest BCUT2D eigenvalue weighted by Crippen LogP contribution is -2.41. The predicted molar refractivity (Wildman–Crippen MR) is 120 cm³/mol. The summed E-state index contributed by atoms with van der Waals surface area (Å²) in [6.07, 6.45) is 3.92. The van der Waals surface area contributed by atoms with Crippen molar-refractivity contribution in [3.63, 3.8) is 0 Å². The fourth-order valence-electron chi connectivity index (χ4n) is 3.89. The Kier molecular flexibility index (Phi) is 7.28. The normalized spacial score (nSPS) is 21.3. The summed E-state index contributed by atoms with van der Waals surface area (Å²) in [6.45, 7) is 4.16. The van der Waals surface area contributed by atoms with Crippen LogP contribution in [0.15, 0.2) is 47.6 Å². The van der Waals surface area contributed by atoms with Gasteiger partial charge in [-0.05, 0) is 31.0 Å². The third kappa shape index (κ3) is 5.16. The molecular weight excluding hydrogens is 486 g/mol. The lowest BCUT2D eigenvalue weighted by atomic mass is 9.87. The van der Waals surface area contributed by atoms with Crippen LogP contribution in [0, 0.1) is 11.2 Å². The van der Waals surface area contributed by atoms with E-state index in [9.17, 15) is 4.39 Å². The van der Waals surface area contributed by atoms with Crippen LogP contribution in [0.4, 0.5) is 4.39 Å². The fraction of sp³-hybridized carbons (Fsp3) is 0.429. The molecule has 2 aromatic rings. The van der Waals surface area contributed by atoms with Gasteiger partial charge in [-0.25, -0.2) is 9.37 Å². The van der Waals surface area contributed by atoms with E-state index in [2.05, 4.69) is 20.2 Å². The van der Waals surface area contributed by atoms with Crippen LogP contribution in [0.5, 0.6) is 11.6 Å². The van der Waals surface area contributed by atoms with E-state index in [4.69, 9.17) is 9.47 Å². The third-order valence-electron chi connectivity index (χ3n) is 5.43. The molecular formula is C21H26FIN4O2. The second-order valence-electron chi connectivity index (χ2n) is 7.40. The van der Waals surface area contributed by atoms with Crippen molar-refractivity contribution in [1.82, 2.24) is 15.2 Å². The number of rotatable bonds is 4. The van der Waals surface area contributed by atoms with Crippen LogP contribution in [0.1, 0.15) is 18.4 Å². The molecule has 0 radical (unpaired) electrons. The highest BCUT2D eigenvalue weighted by Gasteiger charge is 2.42. The van der Waals surface area contributed by atoms with E-state index in [0.717, 1.165) is 50.7 Å². The summed E-state index contributed by atoms with van der Waals surface area (Å²) < 4.78 is 24.8. The summed E-state index contributed by atoms with van der Waals surface area (Å²) in [7, 11) is 1.80. The van der Waals surface area contributed by atoms with Gasteiger partial charge >= 0.3 is 0 Å². The van der Waals surface area contributed by atoms with Crippen molar-refractivity contribution in [2.75, 3.05) is 33.4 Å². The van der Waals surface area contributed by atoms with Crippen molar-refractivity contribution < 1.29 is 13.9 Å². The van der Waals surface area contributed by atoms with Crippen molar-refractivity contribution in [3.8, 4) is 11.6 Å². The van der Waals surface area contributed by atoms with E-state index in [1.807, 2.05) is 12.1 Å². The number of benzene rings is 1. The first-order valence-electron chi connectivity index (χ1n) is 9.58. The summed E-state index contributed by atoms with van der Waals surface area (Å²) >= 11 is 0. The first kappa shape index (κ1) is 21.8. The van der Waals surface area contributed by atoms with Crippen molar-refractivity contribution in [1.29, 1.82) is 0 Å². The van der Waals surface area contributed by atoms with Crippen LogP contribution in [0.25, 0.3) is 0 Å². The Bertz CT molecular complexity index is 858. The Morgan fingerprint density at radius 1 is 1.34 bits per heavy atom. The molecule has 2 fully saturated rings. The van der Waals surface area contributed by atoms with Gasteiger partial charge in [-0.3, -0.25) is 4.99 Å². The second kappa shape index (κ2) is 9.71. The number of aliphatic imine (C=N–C) groups is 1. The highest BCUT2D eigenvalue weighted by atomic mass is 127. The summed E-state index contributed by atoms with van der Waals surface area (Å²) in [5, 5.41) is 3.41. The van der Waals surface area contributed by atoms with Gasteiger partial charge in [0.05, 0.1) is 6.61 Å². The number of aromatic nitrogens is 1. The molecule has 0 amide bonds. The van der Waals surface area contributed by atoms with Crippen molar-refractivity contribution in [2.45, 2.75) is 19.4 Å². The van der Waals surface area contributed by atoms with Gasteiger partial charge in [0.15, 0.2) is 5.96 Å². The SMILES string of the molecule is CN=C(NCc1cccnc1Oc1cccc(F)c1)N1CCC2(CCOC2)C1.I. The molecule has 0 aliphatic carbocycles. The van der Waals surface area contributed by atoms with Gasteiger partial charge in [0.2, 0.25) is 5.88 Å². The number of pyridine rings is 1. The lowest BCUT2D eigenvalue weighted by molar-refractivity contribution is 0.156. The zero-order valence-electron chi connectivity index (χ0n) is 16.4. The smallest absolute Gasteiger partial charge is 0.224 e. The average molecular weight is 512 g/mol. The molecule has 4 rings (SSSR count). The molecule has 1 unspecified atom stereocenters. The summed E-state index contributed by atoms with van der Waals surface area (Å²) in [5.41, 5.74) is 1.16. The van der Waals surface area contributed by atoms with E-state index >= 15 is 0 Å². The van der Waals surface area contributed by atoms with E-state index < -0.39 is 0 Å². The van der Waals surface area contributed by atoms with Crippen molar-refractivity contribution in [2.24, 2.45) is 10.4 Å². The number of hydrogen-bond acceptors (Lipinski definition) is 4. The largest absolute Gasteiger partial charge is 0.439 e. The molecule has 156 valence electrons. The van der Waals surface area contributed by atoms with Crippen molar-refractivity contribution >= 4 is 29.9 Å². The maximum atomic E-state index is 13.4. The van der Waals surface area contributed by atoms with Crippen LogP contribution in [0.3, 0.4) is 0 Å². The van der Waals surface area contributed by atoms with Crippen molar-refractivity contribution in [3.05, 3.63) is 54.0 Å². The molecule has 0 bridgehead atoms. The van der Waals surface area contributed by atoms with Gasteiger partial charge in [-0.15, -0.1) is 24.0 Å². The number of ether oxygens (including phenoxy) is 2. The van der Waals surface area contributed by atoms with E-state index in [1.54, 1.807) is 25.4 Å². The lowest BCUT2D eigenvalue weighted by Gasteiger charge is -2.25. The zero-order valence-corrected chi connectivity index (χ0v) is 18.8. The van der Waals surface area contributed by atoms with Gasteiger partial charge in [-0.1, -0.05) is 12.1 Å². The Morgan fingerprint density at radius 2 is 2.24 bits per heavy atom. The topological polar surface area (TPSA) is 59.0 Å². The minimum Gasteiger partial charge on any atom is -0.439 e. The number of hydrogen-bond donors (Lipinski definition) is 1. The van der Waals surface area contributed by atoms with E-state index in [0.29, 0.717) is 18.2 Å². The highest BCUT2D eigenvalue weighted by Crippen LogP contribution is 2.38. The summed E-state index contributed by atoms with van der Waals surface area (Å²) in [6, 6.07) is 9.86. The average Bonchev–Trinajstić information content (AvgIpc) is 3.34. The van der Waals surface area contributed by atoms with E-state index in [-0.39, 0.29) is 35.2 Å². The van der Waals surface area contributed by atoms with Crippen LogP contribution in [-0.4, -0.2) is 49.2 Å². The molecule has 2 saturated heterocycles. The first-order valence-corrected chi connectivity index (χ1v) is 9.58. The molecule has 0 saturated carbocycles. The standard InChI is InChI=1S/C21H25FN4O2.HI/c1-23-20(26-10-7-21(14-26)8-11-27-15-21)25-13-16-4-3-9-24-19(16)28-18-6-2-5-17(22)12-18;/h2-6,9,12H,7-8,10-11,13-15H2,1H3,(H,23,25);1H. The molecule has 2 aliphatic heterocycles. The molecule has 3 heterocycles. The summed E-state index contributed by atoms with van der Waals surface area (Å²) in [4.78, 5) is 11.0. The molecule has 1 aromatic heterocycles. The number of halogens is 2. The monoisotopic (exact) mass is 512 g/mol. The van der Waals surface area contributed by atoms with Gasteiger partial charge < -0.3 is 19.7 Å². The molecule has 1 aromatic carbocycles. The highest BCUT2D eigenvalue weighted by molar-refractivity contribution is 14.0. The van der Waals surface area contributed by atoms with Gasteiger partial charge in [-0.2, -0.15) is 0 Å². The van der Waals surface area contributed by atoms with Crippen LogP contribution >= 0.6 is 24.0 Å². The molecule has 1 atom stereocenters. The molecule has 8 heteroatoms. The molecule has 1 spiro atoms. The maximum Gasteiger partial charge on any atom is 0.224 e. The Balaban J connectivity index is 0.00000240. The zero-order chi connectivity index (χ0) is 19.4. The van der Waals surface area contributed by atoms with Crippen LogP contribution in [-0.2, 0) is 11.3 Å². The Labute approximate surface area is 187 Å². The number of likely N-dealkylation sites (tertiary alicyclic amines) is 1. The summed E-state index contributed by atoms with van der Waals surface area (Å²) in [5.74, 6) is 1.40. The second-order valence-corrected chi connectivity index (χ2v) is 7.40. The quantitative estimate of drug-likeness (QED) is 0.384. The molecule has 1 N–H and O–H groups in total. The molecule has 2 aliphatic rings. The van der Waals surface area contributed by atoms with Crippen LogP contribution in [0.2, 0.25) is 0 Å².